The van der Waals surface area contributed by atoms with E-state index in [9.17, 15) is 0 Å². The van der Waals surface area contributed by atoms with Crippen molar-refractivity contribution in [2.75, 3.05) is 5.73 Å². The monoisotopic (exact) mass is 251 g/mol. The molecule has 2 heterocycles. The molecule has 2 aromatic heterocycles. The van der Waals surface area contributed by atoms with E-state index >= 15 is 0 Å². The number of hydrogen-bond acceptors (Lipinski definition) is 4. The third kappa shape index (κ3) is 2.47. The van der Waals surface area contributed by atoms with Crippen LogP contribution in [-0.2, 0) is 6.61 Å². The van der Waals surface area contributed by atoms with Crippen molar-refractivity contribution >= 4 is 16.7 Å². The molecule has 0 saturated heterocycles. The summed E-state index contributed by atoms with van der Waals surface area (Å²) >= 11 is 0. The van der Waals surface area contributed by atoms with Crippen LogP contribution in [0.15, 0.2) is 54.9 Å². The molecule has 0 aliphatic carbocycles. The highest BCUT2D eigenvalue weighted by molar-refractivity contribution is 5.79. The third-order valence-electron chi connectivity index (χ3n) is 2.90. The molecular weight excluding hydrogens is 238 g/mol. The molecule has 19 heavy (non-hydrogen) atoms. The van der Waals surface area contributed by atoms with Gasteiger partial charge >= 0.3 is 0 Å². The second-order valence-electron chi connectivity index (χ2n) is 4.19. The zero-order valence-electron chi connectivity index (χ0n) is 10.3. The van der Waals surface area contributed by atoms with Crippen molar-refractivity contribution in [2.24, 2.45) is 0 Å². The quantitative estimate of drug-likeness (QED) is 0.777. The molecule has 0 bridgehead atoms. The highest BCUT2D eigenvalue weighted by atomic mass is 16.5. The van der Waals surface area contributed by atoms with E-state index in [2.05, 4.69) is 9.97 Å². The molecule has 0 saturated carbocycles. The second kappa shape index (κ2) is 4.94. The number of nitrogens with zero attached hydrogens (tertiary/aromatic N) is 2. The highest BCUT2D eigenvalue weighted by Crippen LogP contribution is 2.20. The predicted octanol–water partition coefficient (Wildman–Crippen LogP) is 2.79. The minimum Gasteiger partial charge on any atom is -0.489 e. The Labute approximate surface area is 110 Å². The Morgan fingerprint density at radius 3 is 2.74 bits per heavy atom. The minimum atomic E-state index is 0.401. The standard InChI is InChI=1S/C15H13N3O/c16-15-12(4-2-8-18-15)10-19-13-6-5-11-3-1-7-17-14(11)9-13/h1-9H,10H2,(H2,16,18). The van der Waals surface area contributed by atoms with Crippen LogP contribution in [0, 0.1) is 0 Å². The number of anilines is 1. The summed E-state index contributed by atoms with van der Waals surface area (Å²) in [4.78, 5) is 8.32. The SMILES string of the molecule is Nc1ncccc1COc1ccc2cccnc2c1. The maximum absolute atomic E-state index is 5.77. The zero-order valence-corrected chi connectivity index (χ0v) is 10.3. The van der Waals surface area contributed by atoms with Crippen LogP contribution in [0.2, 0.25) is 0 Å². The lowest BCUT2D eigenvalue weighted by molar-refractivity contribution is 0.307. The number of ether oxygens (including phenoxy) is 1. The van der Waals surface area contributed by atoms with Gasteiger partial charge in [0.05, 0.1) is 5.52 Å². The lowest BCUT2D eigenvalue weighted by Crippen LogP contribution is -2.01. The largest absolute Gasteiger partial charge is 0.489 e. The van der Waals surface area contributed by atoms with Gasteiger partial charge < -0.3 is 10.5 Å². The predicted molar refractivity (Wildman–Crippen MR) is 74.7 cm³/mol. The Kier molecular flexibility index (Phi) is 2.98. The van der Waals surface area contributed by atoms with Crippen molar-refractivity contribution in [1.82, 2.24) is 9.97 Å². The molecule has 4 nitrogen and oxygen atoms in total. The average Bonchev–Trinajstić information content (AvgIpc) is 2.46. The summed E-state index contributed by atoms with van der Waals surface area (Å²) in [6.45, 7) is 0.401. The van der Waals surface area contributed by atoms with E-state index in [1.807, 2.05) is 42.5 Å². The van der Waals surface area contributed by atoms with Crippen LogP contribution in [0.3, 0.4) is 0 Å². The first-order chi connectivity index (χ1) is 9.33. The average molecular weight is 251 g/mol. The van der Waals surface area contributed by atoms with Crippen molar-refractivity contribution < 1.29 is 4.74 Å². The van der Waals surface area contributed by atoms with Gasteiger partial charge in [-0.25, -0.2) is 4.98 Å². The molecule has 3 rings (SSSR count). The Morgan fingerprint density at radius 1 is 1.00 bits per heavy atom. The third-order valence-corrected chi connectivity index (χ3v) is 2.90. The normalized spacial score (nSPS) is 10.5. The molecule has 0 aliphatic heterocycles. The number of nitrogens with two attached hydrogens (primary N) is 1. The fourth-order valence-corrected chi connectivity index (χ4v) is 1.87. The lowest BCUT2D eigenvalue weighted by atomic mass is 10.2. The van der Waals surface area contributed by atoms with Crippen LogP contribution in [0.5, 0.6) is 5.75 Å². The van der Waals surface area contributed by atoms with Gasteiger partial charge in [-0.2, -0.15) is 0 Å². The number of benzene rings is 1. The minimum absolute atomic E-state index is 0.401. The maximum atomic E-state index is 5.77. The Balaban J connectivity index is 1.80. The van der Waals surface area contributed by atoms with Crippen molar-refractivity contribution in [3.8, 4) is 5.75 Å². The number of nitrogen functional groups attached to an aromatic ring is 1. The summed E-state index contributed by atoms with van der Waals surface area (Å²) in [5.74, 6) is 1.27. The topological polar surface area (TPSA) is 61.0 Å². The number of aromatic nitrogens is 2. The summed E-state index contributed by atoms with van der Waals surface area (Å²) in [6.07, 6.45) is 3.43. The fourth-order valence-electron chi connectivity index (χ4n) is 1.87. The van der Waals surface area contributed by atoms with Crippen molar-refractivity contribution in [3.05, 3.63) is 60.4 Å². The molecule has 0 unspecified atom stereocenters. The van der Waals surface area contributed by atoms with E-state index < -0.39 is 0 Å². The molecule has 4 heteroatoms. The van der Waals surface area contributed by atoms with Crippen molar-refractivity contribution in [2.45, 2.75) is 6.61 Å². The van der Waals surface area contributed by atoms with Crippen molar-refractivity contribution in [1.29, 1.82) is 0 Å². The Hall–Kier alpha value is -2.62. The number of rotatable bonds is 3. The number of hydrogen-bond donors (Lipinski definition) is 1. The first kappa shape index (κ1) is 11.5. The molecule has 1 aromatic carbocycles. The molecule has 0 aliphatic rings. The van der Waals surface area contributed by atoms with E-state index in [4.69, 9.17) is 10.5 Å². The van der Waals surface area contributed by atoms with Gasteiger partial charge in [0.25, 0.3) is 0 Å². The lowest BCUT2D eigenvalue weighted by Gasteiger charge is -2.08. The van der Waals surface area contributed by atoms with E-state index in [1.54, 1.807) is 12.4 Å². The van der Waals surface area contributed by atoms with Crippen LogP contribution >= 0.6 is 0 Å². The van der Waals surface area contributed by atoms with Gasteiger partial charge in [-0.1, -0.05) is 12.1 Å². The molecular formula is C15H13N3O. The number of fused-ring (bicyclic) bond motifs is 1. The van der Waals surface area contributed by atoms with Crippen LogP contribution < -0.4 is 10.5 Å². The van der Waals surface area contributed by atoms with Gasteiger partial charge in [0, 0.05) is 29.4 Å². The summed E-state index contributed by atoms with van der Waals surface area (Å²) in [5, 5.41) is 1.09. The van der Waals surface area contributed by atoms with Gasteiger partial charge in [0.2, 0.25) is 0 Å². The van der Waals surface area contributed by atoms with E-state index in [0.717, 1.165) is 22.2 Å². The second-order valence-corrected chi connectivity index (χ2v) is 4.19. The molecule has 0 fully saturated rings. The van der Waals surface area contributed by atoms with Gasteiger partial charge in [-0.15, -0.1) is 0 Å². The van der Waals surface area contributed by atoms with Crippen molar-refractivity contribution in [3.63, 3.8) is 0 Å². The molecule has 0 radical (unpaired) electrons. The first-order valence-electron chi connectivity index (χ1n) is 6.00. The summed E-state index contributed by atoms with van der Waals surface area (Å²) in [7, 11) is 0. The summed E-state index contributed by atoms with van der Waals surface area (Å²) < 4.78 is 5.72. The zero-order chi connectivity index (χ0) is 13.1. The van der Waals surface area contributed by atoms with E-state index in [0.29, 0.717) is 12.4 Å². The highest BCUT2D eigenvalue weighted by Gasteiger charge is 2.02. The van der Waals surface area contributed by atoms with Gasteiger partial charge in [-0.3, -0.25) is 4.98 Å². The van der Waals surface area contributed by atoms with Crippen LogP contribution in [0.1, 0.15) is 5.56 Å². The molecule has 3 aromatic rings. The first-order valence-corrected chi connectivity index (χ1v) is 6.00. The van der Waals surface area contributed by atoms with Crippen LogP contribution in [0.25, 0.3) is 10.9 Å². The molecule has 94 valence electrons. The van der Waals surface area contributed by atoms with Crippen LogP contribution in [-0.4, -0.2) is 9.97 Å². The Morgan fingerprint density at radius 2 is 1.84 bits per heavy atom. The molecule has 2 N–H and O–H groups in total. The fraction of sp³-hybridized carbons (Fsp3) is 0.0667. The summed E-state index contributed by atoms with van der Waals surface area (Å²) in [6, 6.07) is 13.5. The maximum Gasteiger partial charge on any atom is 0.129 e. The van der Waals surface area contributed by atoms with E-state index in [-0.39, 0.29) is 0 Å². The smallest absolute Gasteiger partial charge is 0.129 e. The van der Waals surface area contributed by atoms with Gasteiger partial charge in [0.15, 0.2) is 0 Å². The number of pyridine rings is 2. The molecule has 0 spiro atoms. The van der Waals surface area contributed by atoms with Gasteiger partial charge in [-0.05, 0) is 24.3 Å². The van der Waals surface area contributed by atoms with E-state index in [1.165, 1.54) is 0 Å². The van der Waals surface area contributed by atoms with Crippen LogP contribution in [0.4, 0.5) is 5.82 Å². The Bertz CT molecular complexity index is 712. The summed E-state index contributed by atoms with van der Waals surface area (Å²) in [5.41, 5.74) is 7.57. The van der Waals surface area contributed by atoms with Gasteiger partial charge in [0.1, 0.15) is 18.2 Å². The molecule has 0 amide bonds. The molecule has 0 atom stereocenters.